The molecule has 2 fully saturated rings. The van der Waals surface area contributed by atoms with Gasteiger partial charge >= 0.3 is 0 Å². The first-order chi connectivity index (χ1) is 15.1. The molecule has 1 saturated heterocycles. The van der Waals surface area contributed by atoms with E-state index in [2.05, 4.69) is 25.4 Å². The zero-order valence-electron chi connectivity index (χ0n) is 18.5. The molecule has 1 aliphatic carbocycles. The van der Waals surface area contributed by atoms with Gasteiger partial charge in [0, 0.05) is 53.0 Å². The lowest BCUT2D eigenvalue weighted by Gasteiger charge is -2.46. The van der Waals surface area contributed by atoms with Crippen LogP contribution >= 0.6 is 0 Å². The van der Waals surface area contributed by atoms with E-state index >= 15 is 0 Å². The van der Waals surface area contributed by atoms with Crippen LogP contribution in [0.25, 0.3) is 11.3 Å². The van der Waals surface area contributed by atoms with Crippen LogP contribution in [-0.2, 0) is 0 Å². The number of hydrogen-bond donors (Lipinski definition) is 2. The maximum absolute atomic E-state index is 13.9. The highest BCUT2D eigenvalue weighted by molar-refractivity contribution is 6.04. The molecule has 2 aromatic carbocycles. The van der Waals surface area contributed by atoms with Crippen molar-refractivity contribution in [3.05, 3.63) is 66.2 Å². The van der Waals surface area contributed by atoms with Crippen LogP contribution in [0.4, 0.5) is 25.8 Å². The fourth-order valence-corrected chi connectivity index (χ4v) is 5.44. The van der Waals surface area contributed by atoms with Crippen molar-refractivity contribution < 1.29 is 8.78 Å². The molecule has 0 radical (unpaired) electrons. The van der Waals surface area contributed by atoms with E-state index in [0.29, 0.717) is 18.7 Å². The number of nitrogen functional groups attached to an aromatic ring is 1. The van der Waals surface area contributed by atoms with Crippen LogP contribution in [0.2, 0.25) is 0 Å². The lowest BCUT2D eigenvalue weighted by atomic mass is 9.64. The summed E-state index contributed by atoms with van der Waals surface area (Å²) in [6.45, 7) is 13.1. The number of nitrogens with zero attached hydrogens (tertiary/aromatic N) is 2. The number of fused-ring (bicyclic) bond motifs is 3. The first-order valence-corrected chi connectivity index (χ1v) is 11.0. The minimum absolute atomic E-state index is 0.114. The van der Waals surface area contributed by atoms with Crippen molar-refractivity contribution in [2.45, 2.75) is 45.1 Å². The van der Waals surface area contributed by atoms with Gasteiger partial charge in [0.1, 0.15) is 5.84 Å². The molecule has 4 nitrogen and oxygen atoms in total. The van der Waals surface area contributed by atoms with Crippen LogP contribution in [0.5, 0.6) is 0 Å². The summed E-state index contributed by atoms with van der Waals surface area (Å²) in [6, 6.07) is 11.7. The van der Waals surface area contributed by atoms with Crippen molar-refractivity contribution in [1.29, 1.82) is 0 Å². The third kappa shape index (κ3) is 3.12. The second kappa shape index (κ2) is 6.92. The largest absolute Gasteiger partial charge is 0.399 e. The van der Waals surface area contributed by atoms with Gasteiger partial charge in [-0.25, -0.2) is 13.8 Å². The zero-order chi connectivity index (χ0) is 22.8. The molecule has 1 spiro atoms. The van der Waals surface area contributed by atoms with E-state index < -0.39 is 11.3 Å². The summed E-state index contributed by atoms with van der Waals surface area (Å²) in [6.07, 6.45) is 0.406. The number of aliphatic imine (C=N–C) groups is 1. The smallest absolute Gasteiger partial charge is 0.250 e. The number of hydrogen-bond acceptors (Lipinski definition) is 4. The van der Waals surface area contributed by atoms with Crippen molar-refractivity contribution in [3.8, 4) is 0 Å². The highest BCUT2D eigenvalue weighted by atomic mass is 19.3. The molecule has 2 aliphatic heterocycles. The third-order valence-electron chi connectivity index (χ3n) is 6.98. The van der Waals surface area contributed by atoms with Gasteiger partial charge in [-0.15, -0.1) is 0 Å². The minimum atomic E-state index is -2.61. The van der Waals surface area contributed by atoms with Crippen LogP contribution in [0.15, 0.2) is 54.5 Å². The number of amidine groups is 1. The first-order valence-electron chi connectivity index (χ1n) is 11.0. The summed E-state index contributed by atoms with van der Waals surface area (Å²) in [4.78, 5) is 7.00. The van der Waals surface area contributed by atoms with Gasteiger partial charge in [-0.1, -0.05) is 31.4 Å². The van der Waals surface area contributed by atoms with E-state index in [1.54, 1.807) is 0 Å². The van der Waals surface area contributed by atoms with E-state index in [1.165, 1.54) is 0 Å². The fourth-order valence-electron chi connectivity index (χ4n) is 5.44. The van der Waals surface area contributed by atoms with Crippen molar-refractivity contribution in [3.63, 3.8) is 0 Å². The van der Waals surface area contributed by atoms with Crippen molar-refractivity contribution in [2.75, 3.05) is 17.6 Å². The minimum Gasteiger partial charge on any atom is -0.399 e. The van der Waals surface area contributed by atoms with Gasteiger partial charge in [0.2, 0.25) is 5.92 Å². The maximum atomic E-state index is 13.9. The first kappa shape index (κ1) is 20.7. The number of benzene rings is 2. The normalized spacial score (nSPS) is 20.8. The summed E-state index contributed by atoms with van der Waals surface area (Å²) in [5.74, 6) is -1.87. The van der Waals surface area contributed by atoms with Crippen molar-refractivity contribution in [2.24, 2.45) is 10.4 Å². The number of halogens is 2. The Morgan fingerprint density at radius 2 is 1.97 bits per heavy atom. The molecular formula is C26H28F2N4. The average molecular weight is 435 g/mol. The summed E-state index contributed by atoms with van der Waals surface area (Å²) in [5, 5.41) is 3.57. The molecule has 0 bridgehead atoms. The number of rotatable bonds is 4. The monoisotopic (exact) mass is 434 g/mol. The molecule has 5 rings (SSSR count). The number of para-hydroxylation sites is 1. The van der Waals surface area contributed by atoms with Crippen molar-refractivity contribution >= 4 is 34.2 Å². The lowest BCUT2D eigenvalue weighted by molar-refractivity contribution is -0.131. The molecule has 2 heterocycles. The van der Waals surface area contributed by atoms with Gasteiger partial charge < -0.3 is 16.0 Å². The zero-order valence-corrected chi connectivity index (χ0v) is 18.5. The lowest BCUT2D eigenvalue weighted by Crippen LogP contribution is -2.51. The van der Waals surface area contributed by atoms with Gasteiger partial charge in [0.15, 0.2) is 0 Å². The molecule has 32 heavy (non-hydrogen) atoms. The predicted molar refractivity (Wildman–Crippen MR) is 128 cm³/mol. The van der Waals surface area contributed by atoms with Crippen molar-refractivity contribution in [1.82, 2.24) is 4.90 Å². The Morgan fingerprint density at radius 1 is 1.25 bits per heavy atom. The highest BCUT2D eigenvalue weighted by Crippen LogP contribution is 2.60. The quantitative estimate of drug-likeness (QED) is 0.532. The Morgan fingerprint density at radius 3 is 2.66 bits per heavy atom. The van der Waals surface area contributed by atoms with Gasteiger partial charge in [-0.3, -0.25) is 0 Å². The van der Waals surface area contributed by atoms with E-state index in [-0.39, 0.29) is 18.9 Å². The van der Waals surface area contributed by atoms with Crippen LogP contribution in [0, 0.1) is 5.41 Å². The number of allylic oxidation sites excluding steroid dienone is 1. The summed E-state index contributed by atoms with van der Waals surface area (Å²) < 4.78 is 27.7. The fraction of sp³-hybridized carbons (Fsp3) is 0.346. The number of nitrogens with two attached hydrogens (primary N) is 1. The summed E-state index contributed by atoms with van der Waals surface area (Å²) >= 11 is 0. The molecule has 3 aliphatic rings. The molecule has 1 saturated carbocycles. The van der Waals surface area contributed by atoms with E-state index in [4.69, 9.17) is 10.7 Å². The Hall–Kier alpha value is -3.15. The van der Waals surface area contributed by atoms with Crippen LogP contribution in [0.1, 0.15) is 55.8 Å². The second-order valence-electron chi connectivity index (χ2n) is 9.47. The van der Waals surface area contributed by atoms with E-state index in [0.717, 1.165) is 45.2 Å². The van der Waals surface area contributed by atoms with Crippen LogP contribution in [-0.4, -0.2) is 23.2 Å². The Bertz CT molecular complexity index is 1170. The standard InChI is InChI=1S/C26H28F2N4/c1-15(2)19-7-5-6-8-22(19)30-16(3)20-11-18(29)12-21-17(4)32-10-9-25(13-26(27,28)14-25)24(32)31-23(20)21/h5-8,11-12,16,30H,1,4,9-10,13-14,29H2,2-3H3. The molecule has 1 atom stereocenters. The molecule has 6 heteroatoms. The van der Waals surface area contributed by atoms with Gasteiger partial charge in [0.25, 0.3) is 0 Å². The average Bonchev–Trinajstić information content (AvgIpc) is 3.06. The van der Waals surface area contributed by atoms with Gasteiger partial charge in [-0.05, 0) is 49.6 Å². The van der Waals surface area contributed by atoms with E-state index in [1.807, 2.05) is 48.2 Å². The molecule has 0 amide bonds. The Labute approximate surface area is 187 Å². The topological polar surface area (TPSA) is 53.6 Å². The maximum Gasteiger partial charge on any atom is 0.250 e. The van der Waals surface area contributed by atoms with E-state index in [9.17, 15) is 8.78 Å². The molecule has 166 valence electrons. The highest BCUT2D eigenvalue weighted by Gasteiger charge is 2.63. The van der Waals surface area contributed by atoms with Gasteiger partial charge in [0.05, 0.1) is 11.7 Å². The molecular weight excluding hydrogens is 406 g/mol. The summed E-state index contributed by atoms with van der Waals surface area (Å²) in [7, 11) is 0. The predicted octanol–water partition coefficient (Wildman–Crippen LogP) is 6.61. The van der Waals surface area contributed by atoms with Crippen LogP contribution < -0.4 is 11.1 Å². The number of alkyl halides is 2. The summed E-state index contributed by atoms with van der Waals surface area (Å²) in [5.41, 5.74) is 12.7. The molecule has 2 aromatic rings. The SMILES string of the molecule is C=C(C)c1ccccc1NC(C)c1cc(N)cc2c1N=C1N(CCC13CC(F)(F)C3)C2=C. The Balaban J connectivity index is 1.57. The molecule has 3 N–H and O–H groups in total. The third-order valence-corrected chi connectivity index (χ3v) is 6.98. The van der Waals surface area contributed by atoms with Crippen LogP contribution in [0.3, 0.4) is 0 Å². The molecule has 0 aromatic heterocycles. The molecule has 1 unspecified atom stereocenters. The Kier molecular flexibility index (Phi) is 4.49. The van der Waals surface area contributed by atoms with Gasteiger partial charge in [-0.2, -0.15) is 0 Å². The number of anilines is 2. The number of nitrogens with one attached hydrogen (secondary N) is 1. The second-order valence-corrected chi connectivity index (χ2v) is 9.47.